The lowest BCUT2D eigenvalue weighted by Gasteiger charge is -2.09. The highest BCUT2D eigenvalue weighted by Gasteiger charge is 2.17. The van der Waals surface area contributed by atoms with Crippen LogP contribution < -0.4 is 11.5 Å². The molecule has 0 fully saturated rings. The number of benzene rings is 1. The molecule has 3 aromatic rings. The van der Waals surface area contributed by atoms with Gasteiger partial charge < -0.3 is 16.0 Å². The van der Waals surface area contributed by atoms with Gasteiger partial charge >= 0.3 is 0 Å². The summed E-state index contributed by atoms with van der Waals surface area (Å²) in [5.41, 5.74) is 14.7. The first-order valence-electron chi connectivity index (χ1n) is 7.15. The number of guanidine groups is 1. The molecular formula is C17H19Cl2N5O. The zero-order valence-electron chi connectivity index (χ0n) is 13.8. The van der Waals surface area contributed by atoms with Crippen molar-refractivity contribution in [1.82, 2.24) is 9.55 Å². The number of aromatic nitrogens is 2. The lowest BCUT2D eigenvalue weighted by Crippen LogP contribution is -2.24. The first kappa shape index (κ1) is 20.5. The second-order valence-electron chi connectivity index (χ2n) is 5.31. The molecule has 3 rings (SSSR count). The van der Waals surface area contributed by atoms with Gasteiger partial charge in [0.2, 0.25) is 0 Å². The fourth-order valence-corrected chi connectivity index (χ4v) is 2.63. The molecule has 0 radical (unpaired) electrons. The number of pyridine rings is 1. The molecule has 0 bridgehead atoms. The minimum Gasteiger partial charge on any atom is -0.370 e. The van der Waals surface area contributed by atoms with Crippen molar-refractivity contribution < 1.29 is 4.79 Å². The zero-order chi connectivity index (χ0) is 16.6. The van der Waals surface area contributed by atoms with E-state index in [9.17, 15) is 4.79 Å². The molecule has 4 N–H and O–H groups in total. The first-order chi connectivity index (χ1) is 11.0. The molecule has 25 heavy (non-hydrogen) atoms. The number of aliphatic imine (C=N–C) groups is 1. The molecule has 0 unspecified atom stereocenters. The van der Waals surface area contributed by atoms with E-state index in [1.165, 1.54) is 0 Å². The van der Waals surface area contributed by atoms with Crippen molar-refractivity contribution >= 4 is 47.6 Å². The van der Waals surface area contributed by atoms with Gasteiger partial charge in [0, 0.05) is 23.5 Å². The fraction of sp³-hybridized carbons (Fsp3) is 0.118. The van der Waals surface area contributed by atoms with Gasteiger partial charge in [-0.3, -0.25) is 9.78 Å². The summed E-state index contributed by atoms with van der Waals surface area (Å²) in [5.74, 6) is -0.683. The Balaban J connectivity index is 0.00000156. The Morgan fingerprint density at radius 2 is 1.80 bits per heavy atom. The Hall–Kier alpha value is -2.57. The lowest BCUT2D eigenvalue weighted by atomic mass is 10.1. The summed E-state index contributed by atoms with van der Waals surface area (Å²) in [6.45, 7) is 3.83. The van der Waals surface area contributed by atoms with Crippen molar-refractivity contribution in [3.05, 3.63) is 59.5 Å². The van der Waals surface area contributed by atoms with E-state index in [1.54, 1.807) is 12.4 Å². The van der Waals surface area contributed by atoms with E-state index in [1.807, 2.05) is 48.7 Å². The van der Waals surface area contributed by atoms with Crippen LogP contribution in [0, 0.1) is 13.8 Å². The van der Waals surface area contributed by atoms with Crippen LogP contribution in [0.5, 0.6) is 0 Å². The topological polar surface area (TPSA) is 99.3 Å². The molecule has 0 saturated heterocycles. The smallest absolute Gasteiger partial charge is 0.282 e. The second-order valence-corrected chi connectivity index (χ2v) is 5.31. The number of hydrogen-bond acceptors (Lipinski definition) is 2. The van der Waals surface area contributed by atoms with Crippen LogP contribution in [0.3, 0.4) is 0 Å². The van der Waals surface area contributed by atoms with Crippen molar-refractivity contribution in [1.29, 1.82) is 0 Å². The zero-order valence-corrected chi connectivity index (χ0v) is 15.4. The predicted octanol–water partition coefficient (Wildman–Crippen LogP) is 2.90. The average molecular weight is 380 g/mol. The molecule has 0 aliphatic rings. The molecule has 0 atom stereocenters. The molecule has 1 amide bonds. The van der Waals surface area contributed by atoms with Gasteiger partial charge in [-0.25, -0.2) is 0 Å². The number of carbonyl (C=O) groups is 1. The van der Waals surface area contributed by atoms with Crippen molar-refractivity contribution in [3.8, 4) is 5.69 Å². The third-order valence-electron chi connectivity index (χ3n) is 3.91. The molecule has 2 aromatic heterocycles. The summed E-state index contributed by atoms with van der Waals surface area (Å²) in [5, 5.41) is 1.01. The van der Waals surface area contributed by atoms with Gasteiger partial charge in [0.1, 0.15) is 0 Å². The van der Waals surface area contributed by atoms with Gasteiger partial charge in [-0.15, -0.1) is 24.8 Å². The van der Waals surface area contributed by atoms with Gasteiger partial charge in [0.05, 0.1) is 16.8 Å². The van der Waals surface area contributed by atoms with Gasteiger partial charge in [-0.1, -0.05) is 18.2 Å². The Morgan fingerprint density at radius 1 is 1.12 bits per heavy atom. The molecule has 0 aliphatic carbocycles. The van der Waals surface area contributed by atoms with Crippen LogP contribution in [0.25, 0.3) is 16.6 Å². The van der Waals surface area contributed by atoms with E-state index in [0.717, 1.165) is 27.8 Å². The van der Waals surface area contributed by atoms with Gasteiger partial charge in [0.15, 0.2) is 5.96 Å². The van der Waals surface area contributed by atoms with Crippen LogP contribution in [0.1, 0.15) is 21.6 Å². The summed E-state index contributed by atoms with van der Waals surface area (Å²) in [6.07, 6.45) is 3.52. The maximum absolute atomic E-state index is 12.2. The molecule has 0 saturated carbocycles. The van der Waals surface area contributed by atoms with Gasteiger partial charge in [0.25, 0.3) is 5.91 Å². The normalized spacial score (nSPS) is 9.84. The number of nitrogens with zero attached hydrogens (tertiary/aromatic N) is 3. The summed E-state index contributed by atoms with van der Waals surface area (Å²) >= 11 is 0. The maximum atomic E-state index is 12.2. The molecule has 8 heteroatoms. The summed E-state index contributed by atoms with van der Waals surface area (Å²) in [7, 11) is 0. The Morgan fingerprint density at radius 3 is 2.48 bits per heavy atom. The van der Waals surface area contributed by atoms with Crippen molar-refractivity contribution in [2.45, 2.75) is 13.8 Å². The average Bonchev–Trinajstić information content (AvgIpc) is 2.82. The van der Waals surface area contributed by atoms with Gasteiger partial charge in [-0.05, 0) is 31.5 Å². The standard InChI is InChI=1S/C17H17N5O.2ClH/c1-10-11(2)22(9-13(10)16(23)21-17(18)19)15-7-8-20-14-6-4-3-5-12(14)15;;/h3-9H,1-2H3,(H4,18,19,21,23);2*1H. The van der Waals surface area contributed by atoms with Crippen LogP contribution in [-0.2, 0) is 0 Å². The van der Waals surface area contributed by atoms with Crippen molar-refractivity contribution in [2.75, 3.05) is 0 Å². The highest BCUT2D eigenvalue weighted by atomic mass is 35.5. The largest absolute Gasteiger partial charge is 0.370 e. The lowest BCUT2D eigenvalue weighted by molar-refractivity contribution is 0.100. The third-order valence-corrected chi connectivity index (χ3v) is 3.91. The third kappa shape index (κ3) is 3.75. The van der Waals surface area contributed by atoms with Crippen molar-refractivity contribution in [3.63, 3.8) is 0 Å². The number of para-hydroxylation sites is 1. The first-order valence-corrected chi connectivity index (χ1v) is 7.15. The monoisotopic (exact) mass is 379 g/mol. The van der Waals surface area contributed by atoms with Crippen LogP contribution in [0.15, 0.2) is 47.7 Å². The fourth-order valence-electron chi connectivity index (χ4n) is 2.63. The molecule has 2 heterocycles. The van der Waals surface area contributed by atoms with E-state index >= 15 is 0 Å². The minimum absolute atomic E-state index is 0. The Bertz CT molecular complexity index is 940. The number of amides is 1. The number of fused-ring (bicyclic) bond motifs is 1. The summed E-state index contributed by atoms with van der Waals surface area (Å²) in [6, 6.07) is 9.79. The van der Waals surface area contributed by atoms with E-state index in [0.29, 0.717) is 5.56 Å². The number of nitrogens with two attached hydrogens (primary N) is 2. The quantitative estimate of drug-likeness (QED) is 0.527. The van der Waals surface area contributed by atoms with Crippen LogP contribution in [-0.4, -0.2) is 21.4 Å². The number of rotatable bonds is 2. The highest BCUT2D eigenvalue weighted by Crippen LogP contribution is 2.26. The van der Waals surface area contributed by atoms with Gasteiger partial charge in [-0.2, -0.15) is 4.99 Å². The SMILES string of the molecule is Cc1c(C(=O)N=C(N)N)cn(-c2ccnc3ccccc23)c1C.Cl.Cl. The Labute approximate surface area is 157 Å². The van der Waals surface area contributed by atoms with Crippen LogP contribution in [0.4, 0.5) is 0 Å². The Kier molecular flexibility index (Phi) is 6.55. The molecule has 132 valence electrons. The second kappa shape index (κ2) is 8.00. The summed E-state index contributed by atoms with van der Waals surface area (Å²) < 4.78 is 1.97. The maximum Gasteiger partial charge on any atom is 0.282 e. The number of carbonyl (C=O) groups excluding carboxylic acids is 1. The highest BCUT2D eigenvalue weighted by molar-refractivity contribution is 6.03. The van der Waals surface area contributed by atoms with E-state index in [-0.39, 0.29) is 30.8 Å². The van der Waals surface area contributed by atoms with E-state index in [2.05, 4.69) is 9.98 Å². The predicted molar refractivity (Wildman–Crippen MR) is 105 cm³/mol. The molecular weight excluding hydrogens is 361 g/mol. The summed E-state index contributed by atoms with van der Waals surface area (Å²) in [4.78, 5) is 20.2. The van der Waals surface area contributed by atoms with Crippen molar-refractivity contribution in [2.24, 2.45) is 16.5 Å². The minimum atomic E-state index is -0.442. The molecule has 1 aromatic carbocycles. The molecule has 6 nitrogen and oxygen atoms in total. The van der Waals surface area contributed by atoms with E-state index < -0.39 is 5.91 Å². The number of halogens is 2. The van der Waals surface area contributed by atoms with E-state index in [4.69, 9.17) is 11.5 Å². The van der Waals surface area contributed by atoms with Crippen LogP contribution in [0.2, 0.25) is 0 Å². The molecule has 0 spiro atoms. The number of hydrogen-bond donors (Lipinski definition) is 2. The molecule has 0 aliphatic heterocycles. The van der Waals surface area contributed by atoms with Crippen LogP contribution >= 0.6 is 24.8 Å².